The second kappa shape index (κ2) is 8.26. The summed E-state index contributed by atoms with van der Waals surface area (Å²) in [6.45, 7) is 0.497. The number of hydrogen-bond donors (Lipinski definition) is 2. The number of carbonyl (C=O) groups is 1. The van der Waals surface area contributed by atoms with Gasteiger partial charge in [-0.05, 0) is 30.3 Å². The molecular formula is C18H16ClN5O2. The first-order valence-corrected chi connectivity index (χ1v) is 8.14. The normalized spacial score (nSPS) is 10.2. The van der Waals surface area contributed by atoms with E-state index in [9.17, 15) is 4.79 Å². The summed E-state index contributed by atoms with van der Waals surface area (Å²) in [5.74, 6) is 0.624. The average Bonchev–Trinajstić information content (AvgIpc) is 2.68. The molecule has 2 N–H and O–H groups in total. The first-order chi connectivity index (χ1) is 12.7. The van der Waals surface area contributed by atoms with Crippen LogP contribution in [-0.2, 0) is 6.54 Å². The van der Waals surface area contributed by atoms with Crippen LogP contribution in [0.1, 0.15) is 16.1 Å². The molecule has 0 bridgehead atoms. The van der Waals surface area contributed by atoms with E-state index >= 15 is 0 Å². The fourth-order valence-electron chi connectivity index (χ4n) is 2.16. The molecule has 0 saturated carbocycles. The fraction of sp³-hybridized carbons (Fsp3) is 0.111. The van der Waals surface area contributed by atoms with E-state index in [1.54, 1.807) is 24.4 Å². The molecule has 0 saturated heterocycles. The molecule has 0 aliphatic heterocycles. The van der Waals surface area contributed by atoms with E-state index in [-0.39, 0.29) is 5.91 Å². The molecule has 0 spiro atoms. The Hall–Kier alpha value is -3.19. The number of anilines is 2. The van der Waals surface area contributed by atoms with Crippen molar-refractivity contribution in [3.05, 3.63) is 71.3 Å². The van der Waals surface area contributed by atoms with Crippen LogP contribution in [0.4, 0.5) is 11.6 Å². The topological polar surface area (TPSA) is 89.0 Å². The highest BCUT2D eigenvalue weighted by molar-refractivity contribution is 6.32. The summed E-state index contributed by atoms with van der Waals surface area (Å²) < 4.78 is 5.08. The Morgan fingerprint density at radius 1 is 1.15 bits per heavy atom. The maximum absolute atomic E-state index is 12.3. The zero-order valence-electron chi connectivity index (χ0n) is 13.9. The number of amides is 1. The lowest BCUT2D eigenvalue weighted by molar-refractivity contribution is 0.102. The zero-order valence-corrected chi connectivity index (χ0v) is 14.7. The number of pyridine rings is 1. The van der Waals surface area contributed by atoms with E-state index in [0.29, 0.717) is 34.5 Å². The predicted octanol–water partition coefficient (Wildman–Crippen LogP) is 3.40. The van der Waals surface area contributed by atoms with Gasteiger partial charge in [-0.1, -0.05) is 17.7 Å². The Morgan fingerprint density at radius 3 is 2.62 bits per heavy atom. The number of nitrogens with zero attached hydrogens (tertiary/aromatic N) is 3. The summed E-state index contributed by atoms with van der Waals surface area (Å²) >= 11 is 6.05. The number of methoxy groups -OCH3 is 1. The Labute approximate surface area is 155 Å². The molecule has 1 amide bonds. The van der Waals surface area contributed by atoms with E-state index in [0.717, 1.165) is 5.69 Å². The smallest absolute Gasteiger partial charge is 0.258 e. The van der Waals surface area contributed by atoms with Crippen LogP contribution >= 0.6 is 11.6 Å². The molecule has 0 fully saturated rings. The van der Waals surface area contributed by atoms with E-state index in [1.165, 1.54) is 19.5 Å². The lowest BCUT2D eigenvalue weighted by Crippen LogP contribution is -2.13. The van der Waals surface area contributed by atoms with Crippen molar-refractivity contribution in [3.63, 3.8) is 0 Å². The summed E-state index contributed by atoms with van der Waals surface area (Å²) in [4.78, 5) is 24.8. The van der Waals surface area contributed by atoms with Crippen molar-refractivity contribution < 1.29 is 9.53 Å². The van der Waals surface area contributed by atoms with Crippen LogP contribution in [0.15, 0.2) is 55.0 Å². The van der Waals surface area contributed by atoms with E-state index < -0.39 is 0 Å². The summed E-state index contributed by atoms with van der Waals surface area (Å²) in [6, 6.07) is 10.6. The molecule has 0 aliphatic rings. The molecule has 3 rings (SSSR count). The van der Waals surface area contributed by atoms with Gasteiger partial charge in [-0.15, -0.1) is 0 Å². The van der Waals surface area contributed by atoms with Gasteiger partial charge in [0.2, 0.25) is 5.95 Å². The first-order valence-electron chi connectivity index (χ1n) is 7.76. The lowest BCUT2D eigenvalue weighted by atomic mass is 10.2. The highest BCUT2D eigenvalue weighted by Crippen LogP contribution is 2.27. The second-order valence-electron chi connectivity index (χ2n) is 5.27. The molecule has 26 heavy (non-hydrogen) atoms. The van der Waals surface area contributed by atoms with E-state index in [4.69, 9.17) is 16.3 Å². The number of halogens is 1. The van der Waals surface area contributed by atoms with Crippen molar-refractivity contribution in [1.29, 1.82) is 0 Å². The number of aromatic nitrogens is 3. The number of rotatable bonds is 6. The Bertz CT molecular complexity index is 888. The fourth-order valence-corrected chi connectivity index (χ4v) is 2.41. The van der Waals surface area contributed by atoms with Gasteiger partial charge < -0.3 is 15.4 Å². The van der Waals surface area contributed by atoms with Crippen molar-refractivity contribution >= 4 is 29.1 Å². The Kier molecular flexibility index (Phi) is 5.60. The van der Waals surface area contributed by atoms with Gasteiger partial charge in [0.25, 0.3) is 5.91 Å². The lowest BCUT2D eigenvalue weighted by Gasteiger charge is -2.08. The molecular weight excluding hydrogens is 354 g/mol. The average molecular weight is 370 g/mol. The quantitative estimate of drug-likeness (QED) is 0.692. The Balaban J connectivity index is 1.60. The minimum absolute atomic E-state index is 0.331. The number of ether oxygens (including phenoxy) is 1. The predicted molar refractivity (Wildman–Crippen MR) is 99.6 cm³/mol. The third-order valence-electron chi connectivity index (χ3n) is 3.48. The van der Waals surface area contributed by atoms with Crippen LogP contribution in [0.5, 0.6) is 5.75 Å². The number of carbonyl (C=O) groups excluding carboxylic acids is 1. The second-order valence-corrected chi connectivity index (χ2v) is 5.68. The minimum Gasteiger partial charge on any atom is -0.495 e. The summed E-state index contributed by atoms with van der Waals surface area (Å²) in [5.41, 5.74) is 1.76. The van der Waals surface area contributed by atoms with Crippen LogP contribution in [0.25, 0.3) is 0 Å². The third kappa shape index (κ3) is 4.46. The highest BCUT2D eigenvalue weighted by atomic mass is 35.5. The molecule has 0 radical (unpaired) electrons. The highest BCUT2D eigenvalue weighted by Gasteiger charge is 2.09. The largest absolute Gasteiger partial charge is 0.495 e. The molecule has 7 nitrogen and oxygen atoms in total. The van der Waals surface area contributed by atoms with Crippen molar-refractivity contribution in [2.75, 3.05) is 17.7 Å². The molecule has 8 heteroatoms. The molecule has 0 atom stereocenters. The maximum Gasteiger partial charge on any atom is 0.258 e. The monoisotopic (exact) mass is 369 g/mol. The van der Waals surface area contributed by atoms with Gasteiger partial charge in [0, 0.05) is 24.3 Å². The Morgan fingerprint density at radius 2 is 1.96 bits per heavy atom. The van der Waals surface area contributed by atoms with Crippen LogP contribution in [-0.4, -0.2) is 28.0 Å². The van der Waals surface area contributed by atoms with E-state index in [2.05, 4.69) is 25.6 Å². The van der Waals surface area contributed by atoms with Crippen LogP contribution in [0.3, 0.4) is 0 Å². The number of benzene rings is 1. The maximum atomic E-state index is 12.3. The van der Waals surface area contributed by atoms with Gasteiger partial charge in [-0.2, -0.15) is 0 Å². The summed E-state index contributed by atoms with van der Waals surface area (Å²) in [6.07, 6.45) is 4.62. The van der Waals surface area contributed by atoms with E-state index in [1.807, 2.05) is 18.2 Å². The minimum atomic E-state index is -0.331. The van der Waals surface area contributed by atoms with Gasteiger partial charge in [-0.3, -0.25) is 9.78 Å². The van der Waals surface area contributed by atoms with Gasteiger partial charge >= 0.3 is 0 Å². The summed E-state index contributed by atoms with van der Waals surface area (Å²) in [7, 11) is 1.53. The van der Waals surface area contributed by atoms with Crippen molar-refractivity contribution in [2.45, 2.75) is 6.54 Å². The van der Waals surface area contributed by atoms with Crippen molar-refractivity contribution in [2.24, 2.45) is 0 Å². The first kappa shape index (κ1) is 17.6. The van der Waals surface area contributed by atoms with Crippen LogP contribution < -0.4 is 15.4 Å². The number of nitrogens with one attached hydrogen (secondary N) is 2. The summed E-state index contributed by atoms with van der Waals surface area (Å²) in [5, 5.41) is 6.20. The molecule has 0 unspecified atom stereocenters. The van der Waals surface area contributed by atoms with Crippen molar-refractivity contribution in [3.8, 4) is 5.75 Å². The molecule has 2 aromatic heterocycles. The van der Waals surface area contributed by atoms with Gasteiger partial charge in [-0.25, -0.2) is 9.97 Å². The van der Waals surface area contributed by atoms with Gasteiger partial charge in [0.1, 0.15) is 5.75 Å². The third-order valence-corrected chi connectivity index (χ3v) is 3.77. The van der Waals surface area contributed by atoms with Crippen molar-refractivity contribution in [1.82, 2.24) is 15.0 Å². The number of hydrogen-bond acceptors (Lipinski definition) is 6. The SMILES string of the molecule is COc1ccc(NC(=O)c2cnc(NCc3ccccn3)nc2)cc1Cl. The molecule has 0 aliphatic carbocycles. The van der Waals surface area contributed by atoms with Crippen LogP contribution in [0, 0.1) is 0 Å². The molecule has 1 aromatic carbocycles. The molecule has 2 heterocycles. The zero-order chi connectivity index (χ0) is 18.4. The molecule has 3 aromatic rings. The van der Waals surface area contributed by atoms with Crippen LogP contribution in [0.2, 0.25) is 5.02 Å². The molecule has 132 valence electrons. The standard InChI is InChI=1S/C18H16ClN5O2/c1-26-16-6-5-13(8-15(16)19)24-17(25)12-9-21-18(22-10-12)23-11-14-4-2-3-7-20-14/h2-10H,11H2,1H3,(H,24,25)(H,21,22,23). The van der Waals surface area contributed by atoms with Gasteiger partial charge in [0.15, 0.2) is 0 Å². The van der Waals surface area contributed by atoms with Gasteiger partial charge in [0.05, 0.1) is 29.9 Å².